The third-order valence-corrected chi connectivity index (χ3v) is 5.06. The molecule has 4 amide bonds. The van der Waals surface area contributed by atoms with Crippen LogP contribution in [-0.4, -0.2) is 29.3 Å². The Kier molecular flexibility index (Phi) is 4.50. The summed E-state index contributed by atoms with van der Waals surface area (Å²) in [5, 5.41) is 7.19. The van der Waals surface area contributed by atoms with Gasteiger partial charge in [0.1, 0.15) is 17.9 Å². The van der Waals surface area contributed by atoms with Crippen LogP contribution in [-0.2, 0) is 15.1 Å². The number of amides is 4. The highest BCUT2D eigenvalue weighted by Gasteiger charge is 2.49. The van der Waals surface area contributed by atoms with Gasteiger partial charge >= 0.3 is 6.03 Å². The molecular formula is C22H18FN3O3. The zero-order chi connectivity index (χ0) is 20.6. The summed E-state index contributed by atoms with van der Waals surface area (Å²) in [6.45, 7) is 1.10. The van der Waals surface area contributed by atoms with Gasteiger partial charge in [0.2, 0.25) is 5.91 Å². The molecule has 1 fully saturated rings. The quantitative estimate of drug-likeness (QED) is 0.669. The Morgan fingerprint density at radius 3 is 2.48 bits per heavy atom. The number of imide groups is 1. The van der Waals surface area contributed by atoms with E-state index in [2.05, 4.69) is 10.6 Å². The Labute approximate surface area is 166 Å². The van der Waals surface area contributed by atoms with Gasteiger partial charge in [-0.05, 0) is 36.1 Å². The van der Waals surface area contributed by atoms with E-state index in [1.54, 1.807) is 6.07 Å². The van der Waals surface area contributed by atoms with E-state index in [1.165, 1.54) is 31.2 Å². The number of nitrogens with zero attached hydrogens (tertiary/aromatic N) is 1. The first-order valence-electron chi connectivity index (χ1n) is 9.06. The van der Waals surface area contributed by atoms with E-state index in [1.807, 2.05) is 36.4 Å². The van der Waals surface area contributed by atoms with Crippen LogP contribution in [0.25, 0.3) is 10.8 Å². The number of nitrogens with one attached hydrogen (secondary N) is 2. The van der Waals surface area contributed by atoms with Gasteiger partial charge in [0.25, 0.3) is 5.91 Å². The van der Waals surface area contributed by atoms with Gasteiger partial charge in [0.15, 0.2) is 0 Å². The molecule has 1 heterocycles. The Morgan fingerprint density at radius 1 is 1.03 bits per heavy atom. The summed E-state index contributed by atoms with van der Waals surface area (Å²) in [5.41, 5.74) is -0.319. The Balaban J connectivity index is 1.53. The highest BCUT2D eigenvalue weighted by molar-refractivity contribution is 6.11. The van der Waals surface area contributed by atoms with Crippen LogP contribution < -0.4 is 10.6 Å². The number of hydrogen-bond acceptors (Lipinski definition) is 3. The van der Waals surface area contributed by atoms with Crippen LogP contribution in [0.5, 0.6) is 0 Å². The minimum atomic E-state index is -1.36. The van der Waals surface area contributed by atoms with Crippen molar-refractivity contribution in [1.29, 1.82) is 0 Å². The molecule has 4 rings (SSSR count). The maximum Gasteiger partial charge on any atom is 0.325 e. The average molecular weight is 391 g/mol. The van der Waals surface area contributed by atoms with Gasteiger partial charge in [-0.3, -0.25) is 14.5 Å². The third kappa shape index (κ3) is 3.31. The second kappa shape index (κ2) is 7.01. The zero-order valence-electron chi connectivity index (χ0n) is 15.6. The topological polar surface area (TPSA) is 78.5 Å². The van der Waals surface area contributed by atoms with E-state index < -0.39 is 35.7 Å². The van der Waals surface area contributed by atoms with Gasteiger partial charge in [0.05, 0.1) is 0 Å². The maximum absolute atomic E-state index is 13.2. The van der Waals surface area contributed by atoms with Crippen LogP contribution in [0.3, 0.4) is 0 Å². The van der Waals surface area contributed by atoms with Crippen molar-refractivity contribution in [2.75, 3.05) is 11.9 Å². The molecule has 7 heteroatoms. The predicted octanol–water partition coefficient (Wildman–Crippen LogP) is 3.38. The number of halogens is 1. The second-order valence-electron chi connectivity index (χ2n) is 7.03. The predicted molar refractivity (Wildman–Crippen MR) is 107 cm³/mol. The summed E-state index contributed by atoms with van der Waals surface area (Å²) in [6.07, 6.45) is 0. The smallest absolute Gasteiger partial charge is 0.324 e. The lowest BCUT2D eigenvalue weighted by Gasteiger charge is -2.22. The molecule has 0 aromatic heterocycles. The number of urea groups is 1. The van der Waals surface area contributed by atoms with Crippen molar-refractivity contribution in [3.63, 3.8) is 0 Å². The van der Waals surface area contributed by atoms with Gasteiger partial charge in [0, 0.05) is 11.1 Å². The third-order valence-electron chi connectivity index (χ3n) is 5.06. The van der Waals surface area contributed by atoms with Crippen molar-refractivity contribution in [2.45, 2.75) is 12.5 Å². The fraction of sp³-hybridized carbons (Fsp3) is 0.136. The van der Waals surface area contributed by atoms with Crippen LogP contribution in [0.4, 0.5) is 14.9 Å². The minimum Gasteiger partial charge on any atom is -0.324 e. The van der Waals surface area contributed by atoms with Crippen molar-refractivity contribution in [3.05, 3.63) is 78.1 Å². The summed E-state index contributed by atoms with van der Waals surface area (Å²) in [6, 6.07) is 17.7. The standard InChI is InChI=1S/C22H18FN3O3/c1-22(15-9-11-16(23)12-10-15)20(28)26(21(29)25-22)13-19(27)24-18-8-4-6-14-5-2-3-7-17(14)18/h2-12H,13H2,1H3,(H,24,27)(H,25,29)/t22-/m0/s1. The molecule has 3 aromatic carbocycles. The first kappa shape index (κ1) is 18.6. The molecule has 3 aromatic rings. The van der Waals surface area contributed by atoms with Gasteiger partial charge < -0.3 is 10.6 Å². The van der Waals surface area contributed by atoms with Crippen molar-refractivity contribution in [3.8, 4) is 0 Å². The van der Waals surface area contributed by atoms with E-state index in [0.29, 0.717) is 11.3 Å². The molecule has 0 saturated carbocycles. The van der Waals surface area contributed by atoms with Gasteiger partial charge in [-0.1, -0.05) is 48.5 Å². The van der Waals surface area contributed by atoms with Crippen LogP contribution in [0, 0.1) is 5.82 Å². The van der Waals surface area contributed by atoms with Crippen LogP contribution in [0.2, 0.25) is 0 Å². The SMILES string of the molecule is C[C@@]1(c2ccc(F)cc2)NC(=O)N(CC(=O)Nc2cccc3ccccc23)C1=O. The fourth-order valence-corrected chi connectivity index (χ4v) is 3.49. The molecule has 0 spiro atoms. The molecule has 1 aliphatic heterocycles. The highest BCUT2D eigenvalue weighted by atomic mass is 19.1. The molecule has 0 unspecified atom stereocenters. The summed E-state index contributed by atoms with van der Waals surface area (Å²) in [4.78, 5) is 38.7. The molecule has 0 bridgehead atoms. The van der Waals surface area contributed by atoms with Gasteiger partial charge in [-0.2, -0.15) is 0 Å². The number of carbonyl (C=O) groups excluding carboxylic acids is 3. The van der Waals surface area contributed by atoms with Crippen molar-refractivity contribution >= 4 is 34.3 Å². The summed E-state index contributed by atoms with van der Waals surface area (Å²) < 4.78 is 13.2. The lowest BCUT2D eigenvalue weighted by atomic mass is 9.92. The maximum atomic E-state index is 13.2. The largest absolute Gasteiger partial charge is 0.325 e. The normalized spacial score (nSPS) is 18.8. The van der Waals surface area contributed by atoms with Gasteiger partial charge in [-0.15, -0.1) is 0 Å². The molecule has 29 heavy (non-hydrogen) atoms. The molecule has 146 valence electrons. The number of hydrogen-bond donors (Lipinski definition) is 2. The minimum absolute atomic E-state index is 0.426. The summed E-state index contributed by atoms with van der Waals surface area (Å²) in [7, 11) is 0. The first-order chi connectivity index (χ1) is 13.9. The summed E-state index contributed by atoms with van der Waals surface area (Å²) in [5.74, 6) is -1.50. The number of anilines is 1. The lowest BCUT2D eigenvalue weighted by Crippen LogP contribution is -2.42. The van der Waals surface area contributed by atoms with Crippen molar-refractivity contribution < 1.29 is 18.8 Å². The first-order valence-corrected chi connectivity index (χ1v) is 9.06. The Bertz CT molecular complexity index is 1120. The lowest BCUT2D eigenvalue weighted by molar-refractivity contribution is -0.133. The number of fused-ring (bicyclic) bond motifs is 1. The van der Waals surface area contributed by atoms with Crippen LogP contribution >= 0.6 is 0 Å². The molecule has 6 nitrogen and oxygen atoms in total. The molecule has 0 aliphatic carbocycles. The molecule has 2 N–H and O–H groups in total. The molecule has 1 aliphatic rings. The Morgan fingerprint density at radius 2 is 1.72 bits per heavy atom. The Hall–Kier alpha value is -3.74. The van der Waals surface area contributed by atoms with E-state index in [9.17, 15) is 18.8 Å². The average Bonchev–Trinajstić information content (AvgIpc) is 2.92. The van der Waals surface area contributed by atoms with E-state index >= 15 is 0 Å². The molecule has 1 atom stereocenters. The van der Waals surface area contributed by atoms with Crippen LogP contribution in [0.15, 0.2) is 66.7 Å². The van der Waals surface area contributed by atoms with Crippen LogP contribution in [0.1, 0.15) is 12.5 Å². The summed E-state index contributed by atoms with van der Waals surface area (Å²) >= 11 is 0. The molecular weight excluding hydrogens is 373 g/mol. The number of rotatable bonds is 4. The monoisotopic (exact) mass is 391 g/mol. The zero-order valence-corrected chi connectivity index (χ0v) is 15.6. The number of carbonyl (C=O) groups is 3. The van der Waals surface area contributed by atoms with Crippen molar-refractivity contribution in [2.24, 2.45) is 0 Å². The van der Waals surface area contributed by atoms with Crippen molar-refractivity contribution in [1.82, 2.24) is 10.2 Å². The fourth-order valence-electron chi connectivity index (χ4n) is 3.49. The number of benzene rings is 3. The van der Waals surface area contributed by atoms with E-state index in [0.717, 1.165) is 15.7 Å². The second-order valence-corrected chi connectivity index (χ2v) is 7.03. The molecule has 1 saturated heterocycles. The molecule has 0 radical (unpaired) electrons. The highest BCUT2D eigenvalue weighted by Crippen LogP contribution is 2.29. The van der Waals surface area contributed by atoms with E-state index in [-0.39, 0.29) is 0 Å². The van der Waals surface area contributed by atoms with E-state index in [4.69, 9.17) is 0 Å². The van der Waals surface area contributed by atoms with Gasteiger partial charge in [-0.25, -0.2) is 9.18 Å².